The van der Waals surface area contributed by atoms with E-state index in [2.05, 4.69) is 12.1 Å². The van der Waals surface area contributed by atoms with Crippen molar-refractivity contribution in [3.05, 3.63) is 93.8 Å². The Morgan fingerprint density at radius 3 is 1.97 bits per heavy atom. The van der Waals surface area contributed by atoms with Crippen LogP contribution in [0.2, 0.25) is 0 Å². The zero-order valence-electron chi connectivity index (χ0n) is 19.5. The van der Waals surface area contributed by atoms with Crippen molar-refractivity contribution in [1.29, 1.82) is 0 Å². The lowest BCUT2D eigenvalue weighted by molar-refractivity contribution is -0.137. The Morgan fingerprint density at radius 2 is 1.44 bits per heavy atom. The molecule has 32 heavy (non-hydrogen) atoms. The van der Waals surface area contributed by atoms with Crippen molar-refractivity contribution >= 4 is 11.9 Å². The number of carbonyl (C=O) groups excluding carboxylic acids is 2. The number of allylic oxidation sites excluding steroid dienone is 2. The second-order valence-corrected chi connectivity index (χ2v) is 8.07. The molecule has 0 spiro atoms. The Labute approximate surface area is 190 Å². The maximum Gasteiger partial charge on any atom is 0.336 e. The molecule has 5 nitrogen and oxygen atoms in total. The molecule has 1 heterocycles. The van der Waals surface area contributed by atoms with Gasteiger partial charge in [0.15, 0.2) is 0 Å². The highest BCUT2D eigenvalue weighted by Gasteiger charge is 2.40. The van der Waals surface area contributed by atoms with Crippen LogP contribution in [0.15, 0.2) is 77.1 Å². The molecule has 168 valence electrons. The van der Waals surface area contributed by atoms with Gasteiger partial charge in [-0.25, -0.2) is 9.59 Å². The van der Waals surface area contributed by atoms with E-state index >= 15 is 0 Å². The van der Waals surface area contributed by atoms with Crippen molar-refractivity contribution < 1.29 is 19.1 Å². The van der Waals surface area contributed by atoms with E-state index in [1.54, 1.807) is 0 Å². The highest BCUT2D eigenvalue weighted by Crippen LogP contribution is 2.43. The molecule has 0 amide bonds. The molecule has 2 aromatic rings. The van der Waals surface area contributed by atoms with Crippen LogP contribution in [0.25, 0.3) is 0 Å². The minimum absolute atomic E-state index is 0.434. The maximum absolute atomic E-state index is 13.0. The van der Waals surface area contributed by atoms with Crippen molar-refractivity contribution in [2.24, 2.45) is 0 Å². The average Bonchev–Trinajstić information content (AvgIpc) is 2.80. The highest BCUT2D eigenvalue weighted by atomic mass is 16.5. The molecule has 0 aromatic heterocycles. The van der Waals surface area contributed by atoms with Gasteiger partial charge in [-0.15, -0.1) is 0 Å². The summed E-state index contributed by atoms with van der Waals surface area (Å²) >= 11 is 0. The summed E-state index contributed by atoms with van der Waals surface area (Å²) in [6, 6.07) is 18.1. The fourth-order valence-corrected chi connectivity index (χ4v) is 4.46. The predicted molar refractivity (Wildman–Crippen MR) is 125 cm³/mol. The molecule has 0 fully saturated rings. The molecule has 3 rings (SSSR count). The van der Waals surface area contributed by atoms with E-state index in [0.717, 1.165) is 35.4 Å². The Kier molecular flexibility index (Phi) is 7.52. The fraction of sp³-hybridized carbons (Fsp3) is 0.333. The van der Waals surface area contributed by atoms with E-state index in [9.17, 15) is 9.59 Å². The van der Waals surface area contributed by atoms with Gasteiger partial charge in [-0.3, -0.25) is 0 Å². The summed E-state index contributed by atoms with van der Waals surface area (Å²) in [5.74, 6) is -1.41. The topological polar surface area (TPSA) is 55.8 Å². The first-order chi connectivity index (χ1) is 15.4. The molecule has 2 aromatic carbocycles. The highest BCUT2D eigenvalue weighted by molar-refractivity contribution is 5.99. The summed E-state index contributed by atoms with van der Waals surface area (Å²) in [6.45, 7) is 6.52. The summed E-state index contributed by atoms with van der Waals surface area (Å²) in [5, 5.41) is 0. The normalized spacial score (nSPS) is 14.6. The van der Waals surface area contributed by atoms with Crippen LogP contribution in [0.4, 0.5) is 0 Å². The molecule has 0 atom stereocenters. The molecule has 0 bridgehead atoms. The minimum Gasteiger partial charge on any atom is -0.466 e. The molecule has 1 aliphatic heterocycles. The SMILES string of the molecule is COC(=O)C1=C(C)N(CCCc2ccccc2)C(C)=C(C(=O)OC)C1c1cccc(C)c1. The standard InChI is InChI=1S/C27H31NO4/c1-18-11-9-15-22(17-18)25-23(26(29)31-4)19(2)28(20(3)24(25)27(30)32-5)16-10-14-21-12-7-6-8-13-21/h6-9,11-13,15,17,25H,10,14,16H2,1-5H3. The molecule has 5 heteroatoms. The average molecular weight is 434 g/mol. The van der Waals surface area contributed by atoms with Gasteiger partial charge in [0.2, 0.25) is 0 Å². The quantitative estimate of drug-likeness (QED) is 0.580. The van der Waals surface area contributed by atoms with E-state index in [1.165, 1.54) is 19.8 Å². The largest absolute Gasteiger partial charge is 0.466 e. The van der Waals surface area contributed by atoms with E-state index in [4.69, 9.17) is 9.47 Å². The number of aryl methyl sites for hydroxylation is 2. The second kappa shape index (κ2) is 10.3. The van der Waals surface area contributed by atoms with Gasteiger partial charge < -0.3 is 14.4 Å². The molecule has 0 saturated carbocycles. The number of hydrogen-bond acceptors (Lipinski definition) is 5. The van der Waals surface area contributed by atoms with Crippen LogP contribution >= 0.6 is 0 Å². The molecule has 1 aliphatic rings. The number of benzene rings is 2. The Morgan fingerprint density at radius 1 is 0.844 bits per heavy atom. The van der Waals surface area contributed by atoms with Crippen molar-refractivity contribution in [3.8, 4) is 0 Å². The summed E-state index contributed by atoms with van der Waals surface area (Å²) in [6.07, 6.45) is 1.77. The van der Waals surface area contributed by atoms with Gasteiger partial charge in [-0.1, -0.05) is 60.2 Å². The first kappa shape index (κ1) is 23.3. The summed E-state index contributed by atoms with van der Waals surface area (Å²) < 4.78 is 10.3. The van der Waals surface area contributed by atoms with Crippen LogP contribution in [-0.2, 0) is 25.5 Å². The van der Waals surface area contributed by atoms with Gasteiger partial charge >= 0.3 is 11.9 Å². The van der Waals surface area contributed by atoms with E-state index in [0.29, 0.717) is 17.7 Å². The van der Waals surface area contributed by atoms with Gasteiger partial charge in [-0.05, 0) is 44.7 Å². The van der Waals surface area contributed by atoms with Gasteiger partial charge in [0.05, 0.1) is 31.3 Å². The summed E-state index contributed by atoms with van der Waals surface area (Å²) in [5.41, 5.74) is 5.74. The summed E-state index contributed by atoms with van der Waals surface area (Å²) in [7, 11) is 2.75. The second-order valence-electron chi connectivity index (χ2n) is 8.07. The van der Waals surface area contributed by atoms with E-state index in [-0.39, 0.29) is 0 Å². The van der Waals surface area contributed by atoms with Crippen LogP contribution in [0.3, 0.4) is 0 Å². The van der Waals surface area contributed by atoms with Crippen LogP contribution in [0.5, 0.6) is 0 Å². The number of methoxy groups -OCH3 is 2. The predicted octanol–water partition coefficient (Wildman–Crippen LogP) is 4.92. The fourth-order valence-electron chi connectivity index (χ4n) is 4.46. The molecule has 0 saturated heterocycles. The van der Waals surface area contributed by atoms with Gasteiger partial charge in [0.25, 0.3) is 0 Å². The number of esters is 2. The zero-order valence-corrected chi connectivity index (χ0v) is 19.5. The molecule has 0 radical (unpaired) electrons. The van der Waals surface area contributed by atoms with Crippen LogP contribution < -0.4 is 0 Å². The molecule has 0 N–H and O–H groups in total. The monoisotopic (exact) mass is 433 g/mol. The molecular formula is C27H31NO4. The minimum atomic E-state index is -0.542. The zero-order chi connectivity index (χ0) is 23.3. The molecule has 0 aliphatic carbocycles. The van der Waals surface area contributed by atoms with Crippen molar-refractivity contribution in [2.45, 2.75) is 39.5 Å². The van der Waals surface area contributed by atoms with Crippen LogP contribution in [0.1, 0.15) is 42.9 Å². The van der Waals surface area contributed by atoms with Crippen molar-refractivity contribution in [1.82, 2.24) is 4.90 Å². The Balaban J connectivity index is 2.05. The van der Waals surface area contributed by atoms with E-state index in [1.807, 2.05) is 68.1 Å². The third kappa shape index (κ3) is 4.77. The van der Waals surface area contributed by atoms with Gasteiger partial charge in [0, 0.05) is 17.9 Å². The van der Waals surface area contributed by atoms with Crippen molar-refractivity contribution in [3.63, 3.8) is 0 Å². The lowest BCUT2D eigenvalue weighted by Crippen LogP contribution is -2.35. The molecular weight excluding hydrogens is 402 g/mol. The van der Waals surface area contributed by atoms with Crippen molar-refractivity contribution in [2.75, 3.05) is 20.8 Å². The number of rotatable bonds is 7. The van der Waals surface area contributed by atoms with E-state index < -0.39 is 17.9 Å². The first-order valence-electron chi connectivity index (χ1n) is 10.8. The van der Waals surface area contributed by atoms with Gasteiger partial charge in [0.1, 0.15) is 0 Å². The lowest BCUT2D eigenvalue weighted by Gasteiger charge is -2.38. The lowest BCUT2D eigenvalue weighted by atomic mass is 9.79. The number of nitrogens with zero attached hydrogens (tertiary/aromatic N) is 1. The smallest absolute Gasteiger partial charge is 0.336 e. The number of carbonyl (C=O) groups is 2. The Bertz CT molecular complexity index is 1010. The third-order valence-electron chi connectivity index (χ3n) is 6.04. The Hall–Kier alpha value is -3.34. The number of hydrogen-bond donors (Lipinski definition) is 0. The first-order valence-corrected chi connectivity index (χ1v) is 10.8. The summed E-state index contributed by atoms with van der Waals surface area (Å²) in [4.78, 5) is 28.0. The van der Waals surface area contributed by atoms with Crippen LogP contribution in [0, 0.1) is 6.92 Å². The van der Waals surface area contributed by atoms with Crippen LogP contribution in [-0.4, -0.2) is 37.6 Å². The number of ether oxygens (including phenoxy) is 2. The molecule has 0 unspecified atom stereocenters. The van der Waals surface area contributed by atoms with Gasteiger partial charge in [-0.2, -0.15) is 0 Å². The third-order valence-corrected chi connectivity index (χ3v) is 6.04. The maximum atomic E-state index is 13.0.